The summed E-state index contributed by atoms with van der Waals surface area (Å²) in [6.07, 6.45) is 5.05. The molecule has 2 saturated heterocycles. The van der Waals surface area contributed by atoms with Crippen LogP contribution in [0.3, 0.4) is 0 Å². The van der Waals surface area contributed by atoms with Gasteiger partial charge in [-0.2, -0.15) is 0 Å². The van der Waals surface area contributed by atoms with Gasteiger partial charge in [-0.1, -0.05) is 30.3 Å². The molecule has 0 unspecified atom stereocenters. The first-order valence-corrected chi connectivity index (χ1v) is 10.5. The van der Waals surface area contributed by atoms with Gasteiger partial charge in [0, 0.05) is 32.2 Å². The number of piperidine rings is 2. The van der Waals surface area contributed by atoms with Crippen molar-refractivity contribution in [3.8, 4) is 0 Å². The minimum atomic E-state index is -0.163. The molecule has 1 atom stereocenters. The van der Waals surface area contributed by atoms with Gasteiger partial charge in [0.1, 0.15) is 0 Å². The number of hydrogen-bond acceptors (Lipinski definition) is 5. The number of nitrogens with zero attached hydrogens (tertiary/aromatic N) is 2. The maximum atomic E-state index is 12.6. The van der Waals surface area contributed by atoms with Gasteiger partial charge in [0.25, 0.3) is 0 Å². The first-order valence-electron chi connectivity index (χ1n) is 10.5. The Morgan fingerprint density at radius 1 is 1.11 bits per heavy atom. The van der Waals surface area contributed by atoms with Gasteiger partial charge in [-0.05, 0) is 44.2 Å². The molecule has 2 heterocycles. The number of esters is 1. The number of ether oxygens (including phenoxy) is 1. The molecule has 1 aromatic rings. The maximum Gasteiger partial charge on any atom is 0.319 e. The van der Waals surface area contributed by atoms with Crippen molar-refractivity contribution in [2.45, 2.75) is 38.1 Å². The molecule has 154 valence electrons. The van der Waals surface area contributed by atoms with Crippen molar-refractivity contribution in [2.24, 2.45) is 5.92 Å². The average Bonchev–Trinajstić information content (AvgIpc) is 2.75. The van der Waals surface area contributed by atoms with Gasteiger partial charge in [0.15, 0.2) is 0 Å². The van der Waals surface area contributed by atoms with E-state index in [0.29, 0.717) is 19.1 Å². The first kappa shape index (κ1) is 20.8. The van der Waals surface area contributed by atoms with Crippen LogP contribution in [0.15, 0.2) is 30.3 Å². The van der Waals surface area contributed by atoms with Crippen LogP contribution in [0.25, 0.3) is 0 Å². The van der Waals surface area contributed by atoms with Crippen molar-refractivity contribution < 1.29 is 14.3 Å². The Bertz CT molecular complexity index is 629. The maximum absolute atomic E-state index is 12.6. The van der Waals surface area contributed by atoms with Crippen molar-refractivity contribution in [3.05, 3.63) is 35.9 Å². The van der Waals surface area contributed by atoms with Gasteiger partial charge in [-0.3, -0.25) is 19.4 Å². The molecule has 0 saturated carbocycles. The van der Waals surface area contributed by atoms with Crippen molar-refractivity contribution >= 4 is 11.9 Å². The molecule has 1 N–H and O–H groups in total. The van der Waals surface area contributed by atoms with Crippen molar-refractivity contribution in [1.29, 1.82) is 0 Å². The molecule has 6 heteroatoms. The summed E-state index contributed by atoms with van der Waals surface area (Å²) in [7, 11) is 1.44. The van der Waals surface area contributed by atoms with Crippen molar-refractivity contribution in [1.82, 2.24) is 15.1 Å². The van der Waals surface area contributed by atoms with E-state index >= 15 is 0 Å². The number of nitrogens with one attached hydrogen (secondary N) is 1. The predicted octanol–water partition coefficient (Wildman–Crippen LogP) is 1.69. The second-order valence-electron chi connectivity index (χ2n) is 7.94. The van der Waals surface area contributed by atoms with Crippen LogP contribution in [0, 0.1) is 5.92 Å². The lowest BCUT2D eigenvalue weighted by atomic mass is 9.93. The number of methoxy groups -OCH3 is 1. The highest BCUT2D eigenvalue weighted by Gasteiger charge is 2.31. The van der Waals surface area contributed by atoms with Gasteiger partial charge < -0.3 is 10.1 Å². The fourth-order valence-corrected chi connectivity index (χ4v) is 4.36. The van der Waals surface area contributed by atoms with Crippen LogP contribution in [-0.4, -0.2) is 74.1 Å². The Morgan fingerprint density at radius 2 is 1.86 bits per heavy atom. The Balaban J connectivity index is 1.40. The molecular weight excluding hydrogens is 354 g/mol. The van der Waals surface area contributed by atoms with E-state index in [0.717, 1.165) is 58.3 Å². The summed E-state index contributed by atoms with van der Waals surface area (Å²) in [5.74, 6) is 0.130. The number of amides is 1. The minimum Gasteiger partial charge on any atom is -0.468 e. The molecular formula is C22H33N3O3. The van der Waals surface area contributed by atoms with E-state index in [1.54, 1.807) is 0 Å². The summed E-state index contributed by atoms with van der Waals surface area (Å²) in [5.41, 5.74) is 1.26. The van der Waals surface area contributed by atoms with Crippen LogP contribution in [0.2, 0.25) is 0 Å². The summed E-state index contributed by atoms with van der Waals surface area (Å²) in [6.45, 7) is 4.86. The standard InChI is InChI=1S/C22H33N3O3/c1-28-21(26)17-24-14-10-20(11-15-24)25-13-5-8-19(16-25)22(27)23-12-9-18-6-3-2-4-7-18/h2-4,6-7,19-20H,5,8-17H2,1H3,(H,23,27)/t19-/m0/s1. The third-order valence-corrected chi connectivity index (χ3v) is 6.03. The summed E-state index contributed by atoms with van der Waals surface area (Å²) < 4.78 is 4.76. The van der Waals surface area contributed by atoms with E-state index in [9.17, 15) is 9.59 Å². The van der Waals surface area contributed by atoms with Crippen LogP contribution in [0.5, 0.6) is 0 Å². The number of likely N-dealkylation sites (tertiary alicyclic amines) is 2. The van der Waals surface area contributed by atoms with E-state index in [1.807, 2.05) is 18.2 Å². The largest absolute Gasteiger partial charge is 0.468 e. The molecule has 0 aliphatic carbocycles. The van der Waals surface area contributed by atoms with Crippen LogP contribution in [0.1, 0.15) is 31.2 Å². The van der Waals surface area contributed by atoms with E-state index in [1.165, 1.54) is 12.7 Å². The summed E-state index contributed by atoms with van der Waals surface area (Å²) in [5, 5.41) is 3.13. The van der Waals surface area contributed by atoms with E-state index in [4.69, 9.17) is 4.74 Å². The number of benzene rings is 1. The van der Waals surface area contributed by atoms with E-state index in [2.05, 4.69) is 27.2 Å². The summed E-state index contributed by atoms with van der Waals surface area (Å²) in [6, 6.07) is 10.8. The van der Waals surface area contributed by atoms with Crippen molar-refractivity contribution in [2.75, 3.05) is 46.4 Å². The number of carbonyl (C=O) groups is 2. The average molecular weight is 388 g/mol. The third-order valence-electron chi connectivity index (χ3n) is 6.03. The highest BCUT2D eigenvalue weighted by atomic mass is 16.5. The Labute approximate surface area is 168 Å². The molecule has 2 fully saturated rings. The number of hydrogen-bond donors (Lipinski definition) is 1. The lowest BCUT2D eigenvalue weighted by Crippen LogP contribution is -2.51. The molecule has 1 aromatic carbocycles. The molecule has 2 aliphatic rings. The number of carbonyl (C=O) groups excluding carboxylic acids is 2. The van der Waals surface area contributed by atoms with Gasteiger partial charge in [0.2, 0.25) is 5.91 Å². The van der Waals surface area contributed by atoms with Gasteiger partial charge in [-0.25, -0.2) is 0 Å². The molecule has 6 nitrogen and oxygen atoms in total. The fourth-order valence-electron chi connectivity index (χ4n) is 4.36. The van der Waals surface area contributed by atoms with Crippen LogP contribution in [-0.2, 0) is 20.7 Å². The highest BCUT2D eigenvalue weighted by molar-refractivity contribution is 5.79. The second-order valence-corrected chi connectivity index (χ2v) is 7.94. The lowest BCUT2D eigenvalue weighted by Gasteiger charge is -2.41. The monoisotopic (exact) mass is 387 g/mol. The normalized spacial score (nSPS) is 22.0. The molecule has 1 amide bonds. The molecule has 3 rings (SSSR count). The minimum absolute atomic E-state index is 0.0950. The molecule has 0 bridgehead atoms. The molecule has 0 spiro atoms. The fraction of sp³-hybridized carbons (Fsp3) is 0.636. The van der Waals surface area contributed by atoms with Gasteiger partial charge >= 0.3 is 5.97 Å². The van der Waals surface area contributed by atoms with Crippen LogP contribution in [0.4, 0.5) is 0 Å². The SMILES string of the molecule is COC(=O)CN1CCC(N2CCC[C@H](C(=O)NCCc3ccccc3)C2)CC1. The van der Waals surface area contributed by atoms with Gasteiger partial charge in [-0.15, -0.1) is 0 Å². The lowest BCUT2D eigenvalue weighted by molar-refractivity contribution is -0.142. The van der Waals surface area contributed by atoms with Crippen molar-refractivity contribution in [3.63, 3.8) is 0 Å². The summed E-state index contributed by atoms with van der Waals surface area (Å²) >= 11 is 0. The predicted molar refractivity (Wildman–Crippen MR) is 109 cm³/mol. The molecule has 0 aromatic heterocycles. The third kappa shape index (κ3) is 6.04. The Morgan fingerprint density at radius 3 is 2.57 bits per heavy atom. The molecule has 0 radical (unpaired) electrons. The van der Waals surface area contributed by atoms with E-state index in [-0.39, 0.29) is 17.8 Å². The zero-order valence-electron chi connectivity index (χ0n) is 16.9. The zero-order valence-corrected chi connectivity index (χ0v) is 16.9. The Hall–Kier alpha value is -1.92. The topological polar surface area (TPSA) is 61.9 Å². The van der Waals surface area contributed by atoms with Crippen LogP contribution < -0.4 is 5.32 Å². The quantitative estimate of drug-likeness (QED) is 0.722. The zero-order chi connectivity index (χ0) is 19.8. The Kier molecular flexibility index (Phi) is 7.86. The molecule has 2 aliphatic heterocycles. The van der Waals surface area contributed by atoms with Gasteiger partial charge in [0.05, 0.1) is 19.6 Å². The van der Waals surface area contributed by atoms with Crippen LogP contribution >= 0.6 is 0 Å². The number of rotatable bonds is 7. The smallest absolute Gasteiger partial charge is 0.319 e. The first-order chi connectivity index (χ1) is 13.7. The molecule has 28 heavy (non-hydrogen) atoms. The van der Waals surface area contributed by atoms with E-state index < -0.39 is 0 Å². The second kappa shape index (κ2) is 10.6. The summed E-state index contributed by atoms with van der Waals surface area (Å²) in [4.78, 5) is 28.7. The highest BCUT2D eigenvalue weighted by Crippen LogP contribution is 2.24.